The Labute approximate surface area is 154 Å². The van der Waals surface area contributed by atoms with Crippen molar-refractivity contribution in [2.24, 2.45) is 5.41 Å². The number of esters is 1. The van der Waals surface area contributed by atoms with Gasteiger partial charge in [-0.25, -0.2) is 0 Å². The minimum Gasteiger partial charge on any atom is -0.465 e. The van der Waals surface area contributed by atoms with Gasteiger partial charge in [0.1, 0.15) is 0 Å². The lowest BCUT2D eigenvalue weighted by Crippen LogP contribution is -2.35. The van der Waals surface area contributed by atoms with Crippen LogP contribution in [0.15, 0.2) is 0 Å². The van der Waals surface area contributed by atoms with Crippen LogP contribution in [0, 0.1) is 5.41 Å². The van der Waals surface area contributed by atoms with E-state index in [9.17, 15) is 19.1 Å². The summed E-state index contributed by atoms with van der Waals surface area (Å²) < 4.78 is 16.6. The Morgan fingerprint density at radius 1 is 0.840 bits per heavy atom. The fourth-order valence-corrected chi connectivity index (χ4v) is 4.49. The van der Waals surface area contributed by atoms with Crippen molar-refractivity contribution in [3.63, 3.8) is 0 Å². The Balaban J connectivity index is 3.88. The van der Waals surface area contributed by atoms with Crippen LogP contribution >= 0.6 is 7.60 Å². The van der Waals surface area contributed by atoms with Crippen LogP contribution in [0.1, 0.15) is 97.8 Å². The van der Waals surface area contributed by atoms with E-state index in [0.717, 1.165) is 19.3 Å². The van der Waals surface area contributed by atoms with E-state index in [2.05, 4.69) is 6.92 Å². The van der Waals surface area contributed by atoms with Crippen LogP contribution in [0.5, 0.6) is 0 Å². The largest absolute Gasteiger partial charge is 0.465 e. The fraction of sp³-hybridized carbons (Fsp3) is 0.947. The summed E-state index contributed by atoms with van der Waals surface area (Å²) in [6.45, 7) is 6.13. The first-order valence-corrected chi connectivity index (χ1v) is 11.8. The van der Waals surface area contributed by atoms with Gasteiger partial charge in [0, 0.05) is 0 Å². The second-order valence-electron chi connectivity index (χ2n) is 7.13. The number of carbonyl (C=O) groups is 1. The van der Waals surface area contributed by atoms with E-state index in [0.29, 0.717) is 19.4 Å². The Morgan fingerprint density at radius 2 is 1.28 bits per heavy atom. The van der Waals surface area contributed by atoms with Crippen molar-refractivity contribution < 1.29 is 23.9 Å². The molecule has 0 aromatic rings. The molecule has 0 radical (unpaired) electrons. The highest BCUT2D eigenvalue weighted by molar-refractivity contribution is 7.51. The van der Waals surface area contributed by atoms with Gasteiger partial charge in [0.2, 0.25) is 0 Å². The second kappa shape index (κ2) is 13.8. The molecule has 6 heteroatoms. The zero-order valence-electron chi connectivity index (χ0n) is 16.5. The average molecular weight is 378 g/mol. The van der Waals surface area contributed by atoms with Crippen LogP contribution in [-0.4, -0.2) is 28.5 Å². The van der Waals surface area contributed by atoms with Crippen molar-refractivity contribution >= 4 is 13.6 Å². The van der Waals surface area contributed by atoms with Crippen molar-refractivity contribution in [2.75, 3.05) is 12.8 Å². The molecule has 0 saturated carbocycles. The van der Waals surface area contributed by atoms with Gasteiger partial charge < -0.3 is 14.5 Å². The lowest BCUT2D eigenvalue weighted by atomic mass is 9.84. The zero-order chi connectivity index (χ0) is 19.2. The van der Waals surface area contributed by atoms with E-state index in [4.69, 9.17) is 4.74 Å². The third kappa shape index (κ3) is 11.8. The Kier molecular flexibility index (Phi) is 13.6. The van der Waals surface area contributed by atoms with Crippen molar-refractivity contribution in [1.29, 1.82) is 0 Å². The summed E-state index contributed by atoms with van der Waals surface area (Å²) in [5.74, 6) is -0.461. The highest BCUT2D eigenvalue weighted by Crippen LogP contribution is 2.45. The van der Waals surface area contributed by atoms with Gasteiger partial charge >= 0.3 is 13.6 Å². The van der Waals surface area contributed by atoms with Gasteiger partial charge in [-0.2, -0.15) is 0 Å². The topological polar surface area (TPSA) is 83.8 Å². The molecule has 0 bridgehead atoms. The van der Waals surface area contributed by atoms with Gasteiger partial charge in [-0.15, -0.1) is 0 Å². The van der Waals surface area contributed by atoms with E-state index in [1.165, 1.54) is 44.9 Å². The van der Waals surface area contributed by atoms with E-state index < -0.39 is 25.1 Å². The molecule has 25 heavy (non-hydrogen) atoms. The molecule has 2 N–H and O–H groups in total. The van der Waals surface area contributed by atoms with Crippen molar-refractivity contribution in [3.05, 3.63) is 0 Å². The van der Waals surface area contributed by atoms with Gasteiger partial charge in [-0.1, -0.05) is 78.6 Å². The maximum absolute atomic E-state index is 12.3. The van der Waals surface area contributed by atoms with E-state index >= 15 is 0 Å². The van der Waals surface area contributed by atoms with Crippen LogP contribution < -0.4 is 0 Å². The van der Waals surface area contributed by atoms with Gasteiger partial charge in [0.15, 0.2) is 0 Å². The number of carbonyl (C=O) groups excluding carboxylic acids is 1. The summed E-state index contributed by atoms with van der Waals surface area (Å²) >= 11 is 0. The standard InChI is InChI=1S/C19H39O5P/c1-4-7-8-9-10-11-12-13-14-15-16-24-18(20)19(5-2,6-3)17-25(21,22)23/h4-17H2,1-3H3,(H2,21,22,23). The molecule has 0 atom stereocenters. The summed E-state index contributed by atoms with van der Waals surface area (Å²) in [7, 11) is -4.24. The molecule has 150 valence electrons. The molecule has 0 aliphatic rings. The third-order valence-corrected chi connectivity index (χ3v) is 6.04. The van der Waals surface area contributed by atoms with Crippen LogP contribution in [-0.2, 0) is 14.1 Å². The molecule has 0 aliphatic heterocycles. The zero-order valence-corrected chi connectivity index (χ0v) is 17.4. The maximum atomic E-state index is 12.3. The van der Waals surface area contributed by atoms with Crippen LogP contribution in [0.3, 0.4) is 0 Å². The quantitative estimate of drug-likeness (QED) is 0.212. The maximum Gasteiger partial charge on any atom is 0.326 e. The summed E-state index contributed by atoms with van der Waals surface area (Å²) in [6.07, 6.45) is 12.5. The molecule has 0 rings (SSSR count). The molecule has 0 fully saturated rings. The molecule has 0 unspecified atom stereocenters. The summed E-state index contributed by atoms with van der Waals surface area (Å²) in [4.78, 5) is 30.8. The first-order chi connectivity index (χ1) is 11.8. The first kappa shape index (κ1) is 24.6. The van der Waals surface area contributed by atoms with Crippen LogP contribution in [0.4, 0.5) is 0 Å². The first-order valence-electron chi connectivity index (χ1n) is 10.0. The van der Waals surface area contributed by atoms with Crippen LogP contribution in [0.2, 0.25) is 0 Å². The second-order valence-corrected chi connectivity index (χ2v) is 8.77. The summed E-state index contributed by atoms with van der Waals surface area (Å²) in [5, 5.41) is 0. The minimum absolute atomic E-state index is 0.345. The Bertz CT molecular complexity index is 387. The minimum atomic E-state index is -4.24. The number of hydrogen-bond acceptors (Lipinski definition) is 3. The van der Waals surface area contributed by atoms with Gasteiger partial charge in [-0.05, 0) is 19.3 Å². The Hall–Kier alpha value is -0.380. The predicted octanol–water partition coefficient (Wildman–Crippen LogP) is 5.43. The molecular formula is C19H39O5P. The van der Waals surface area contributed by atoms with E-state index in [1.807, 2.05) is 0 Å². The average Bonchev–Trinajstić information content (AvgIpc) is 2.56. The fourth-order valence-electron chi connectivity index (χ4n) is 3.13. The highest BCUT2D eigenvalue weighted by Gasteiger charge is 2.42. The summed E-state index contributed by atoms with van der Waals surface area (Å²) in [6, 6.07) is 0. The van der Waals surface area contributed by atoms with E-state index in [1.54, 1.807) is 13.8 Å². The SMILES string of the molecule is CCCCCCCCCCCCOC(=O)C(CC)(CC)CP(=O)(O)O. The van der Waals surface area contributed by atoms with Crippen molar-refractivity contribution in [3.8, 4) is 0 Å². The lowest BCUT2D eigenvalue weighted by molar-refractivity contribution is -0.155. The number of ether oxygens (including phenoxy) is 1. The van der Waals surface area contributed by atoms with E-state index in [-0.39, 0.29) is 0 Å². The molecule has 0 aromatic heterocycles. The molecule has 5 nitrogen and oxygen atoms in total. The van der Waals surface area contributed by atoms with Gasteiger partial charge in [0.25, 0.3) is 0 Å². The molecule has 0 aliphatic carbocycles. The normalized spacial score (nSPS) is 12.4. The van der Waals surface area contributed by atoms with Crippen LogP contribution in [0.25, 0.3) is 0 Å². The monoisotopic (exact) mass is 378 g/mol. The molecule has 0 spiro atoms. The third-order valence-electron chi connectivity index (χ3n) is 5.03. The molecule has 0 saturated heterocycles. The molecule has 0 heterocycles. The highest BCUT2D eigenvalue weighted by atomic mass is 31.2. The molecule has 0 aromatic carbocycles. The van der Waals surface area contributed by atoms with Crippen molar-refractivity contribution in [1.82, 2.24) is 0 Å². The van der Waals surface area contributed by atoms with Crippen molar-refractivity contribution in [2.45, 2.75) is 97.8 Å². The molecule has 0 amide bonds. The predicted molar refractivity (Wildman–Crippen MR) is 103 cm³/mol. The summed E-state index contributed by atoms with van der Waals surface area (Å²) in [5.41, 5.74) is -1.06. The lowest BCUT2D eigenvalue weighted by Gasteiger charge is -2.29. The number of hydrogen-bond donors (Lipinski definition) is 2. The number of rotatable bonds is 16. The van der Waals surface area contributed by atoms with Gasteiger partial charge in [-0.3, -0.25) is 9.36 Å². The van der Waals surface area contributed by atoms with Gasteiger partial charge in [0.05, 0.1) is 18.2 Å². The number of unbranched alkanes of at least 4 members (excludes halogenated alkanes) is 9. The Morgan fingerprint density at radius 3 is 1.68 bits per heavy atom. The smallest absolute Gasteiger partial charge is 0.326 e. The molecular weight excluding hydrogens is 339 g/mol.